The third-order valence-electron chi connectivity index (χ3n) is 3.77. The molecule has 0 aliphatic carbocycles. The first-order valence-corrected chi connectivity index (χ1v) is 9.23. The molecule has 0 spiro atoms. The summed E-state index contributed by atoms with van der Waals surface area (Å²) in [6, 6.07) is 7.90. The van der Waals surface area contributed by atoms with E-state index in [-0.39, 0.29) is 17.4 Å². The number of carbonyl (C=O) groups is 1. The van der Waals surface area contributed by atoms with Gasteiger partial charge in [0.1, 0.15) is 0 Å². The molecule has 1 amide bonds. The zero-order chi connectivity index (χ0) is 16.0. The molecule has 122 valence electrons. The predicted octanol–water partition coefficient (Wildman–Crippen LogP) is 3.89. The van der Waals surface area contributed by atoms with E-state index in [0.717, 1.165) is 29.4 Å². The SMILES string of the molecule is CC1(C)C[C@@H](C(=O)NCCSCc2cccc(Cl)c2)CCO1. The minimum Gasteiger partial charge on any atom is -0.376 e. The van der Waals surface area contributed by atoms with Gasteiger partial charge in [-0.3, -0.25) is 4.79 Å². The molecule has 1 fully saturated rings. The minimum atomic E-state index is -0.179. The molecular formula is C17H24ClNO2S. The molecule has 1 saturated heterocycles. The van der Waals surface area contributed by atoms with Gasteiger partial charge in [0.05, 0.1) is 5.60 Å². The van der Waals surface area contributed by atoms with Gasteiger partial charge in [0.2, 0.25) is 5.91 Å². The molecule has 0 bridgehead atoms. The number of halogens is 1. The Kier molecular flexibility index (Phi) is 6.60. The van der Waals surface area contributed by atoms with E-state index < -0.39 is 0 Å². The number of carbonyl (C=O) groups excluding carboxylic acids is 1. The Morgan fingerprint density at radius 3 is 3.05 bits per heavy atom. The molecule has 5 heteroatoms. The summed E-state index contributed by atoms with van der Waals surface area (Å²) in [6.07, 6.45) is 1.62. The lowest BCUT2D eigenvalue weighted by atomic mass is 9.88. The summed E-state index contributed by atoms with van der Waals surface area (Å²) in [4.78, 5) is 12.2. The van der Waals surface area contributed by atoms with Gasteiger partial charge < -0.3 is 10.1 Å². The third-order valence-corrected chi connectivity index (χ3v) is 5.04. The summed E-state index contributed by atoms with van der Waals surface area (Å²) < 4.78 is 5.65. The first-order valence-electron chi connectivity index (χ1n) is 7.70. The van der Waals surface area contributed by atoms with E-state index in [2.05, 4.69) is 11.4 Å². The van der Waals surface area contributed by atoms with Crippen LogP contribution < -0.4 is 5.32 Å². The van der Waals surface area contributed by atoms with Crippen LogP contribution in [0.3, 0.4) is 0 Å². The highest BCUT2D eigenvalue weighted by Gasteiger charge is 2.32. The summed E-state index contributed by atoms with van der Waals surface area (Å²) in [6.45, 7) is 5.48. The Bertz CT molecular complexity index is 507. The van der Waals surface area contributed by atoms with E-state index in [1.54, 1.807) is 11.8 Å². The minimum absolute atomic E-state index is 0.0849. The molecule has 2 rings (SSSR count). The largest absolute Gasteiger partial charge is 0.376 e. The second kappa shape index (κ2) is 8.23. The Labute approximate surface area is 142 Å². The first kappa shape index (κ1) is 17.6. The number of amides is 1. The lowest BCUT2D eigenvalue weighted by molar-refractivity contribution is -0.135. The highest BCUT2D eigenvalue weighted by Crippen LogP contribution is 2.28. The van der Waals surface area contributed by atoms with E-state index in [1.807, 2.05) is 32.0 Å². The summed E-state index contributed by atoms with van der Waals surface area (Å²) in [5, 5.41) is 3.82. The smallest absolute Gasteiger partial charge is 0.223 e. The number of hydrogen-bond acceptors (Lipinski definition) is 3. The number of rotatable bonds is 6. The van der Waals surface area contributed by atoms with Gasteiger partial charge in [-0.05, 0) is 44.4 Å². The second-order valence-corrected chi connectivity index (χ2v) is 7.81. The van der Waals surface area contributed by atoms with Gasteiger partial charge in [0, 0.05) is 35.6 Å². The number of nitrogens with one attached hydrogen (secondary N) is 1. The van der Waals surface area contributed by atoms with Crippen LogP contribution in [0.2, 0.25) is 5.02 Å². The van der Waals surface area contributed by atoms with Crippen molar-refractivity contribution in [2.75, 3.05) is 18.9 Å². The van der Waals surface area contributed by atoms with Crippen molar-refractivity contribution in [3.05, 3.63) is 34.9 Å². The second-order valence-electron chi connectivity index (χ2n) is 6.27. The molecule has 1 atom stereocenters. The lowest BCUT2D eigenvalue weighted by Crippen LogP contribution is -2.41. The van der Waals surface area contributed by atoms with Crippen LogP contribution in [-0.2, 0) is 15.3 Å². The zero-order valence-corrected chi connectivity index (χ0v) is 14.8. The van der Waals surface area contributed by atoms with Crippen molar-refractivity contribution in [1.82, 2.24) is 5.32 Å². The molecule has 0 aromatic heterocycles. The van der Waals surface area contributed by atoms with Gasteiger partial charge >= 0.3 is 0 Å². The quantitative estimate of drug-likeness (QED) is 0.798. The van der Waals surface area contributed by atoms with Gasteiger partial charge in [-0.2, -0.15) is 11.8 Å². The lowest BCUT2D eigenvalue weighted by Gasteiger charge is -2.34. The third kappa shape index (κ3) is 5.82. The van der Waals surface area contributed by atoms with Crippen LogP contribution in [0.15, 0.2) is 24.3 Å². The van der Waals surface area contributed by atoms with Gasteiger partial charge in [0.15, 0.2) is 0 Å². The average Bonchev–Trinajstić information content (AvgIpc) is 2.45. The molecule has 1 N–H and O–H groups in total. The van der Waals surface area contributed by atoms with Gasteiger partial charge in [0.25, 0.3) is 0 Å². The molecule has 1 aliphatic heterocycles. The number of hydrogen-bond donors (Lipinski definition) is 1. The Morgan fingerprint density at radius 2 is 2.32 bits per heavy atom. The van der Waals surface area contributed by atoms with Crippen LogP contribution in [0.1, 0.15) is 32.3 Å². The number of ether oxygens (including phenoxy) is 1. The maximum Gasteiger partial charge on any atom is 0.223 e. The van der Waals surface area contributed by atoms with Crippen molar-refractivity contribution in [2.24, 2.45) is 5.92 Å². The Balaban J connectivity index is 1.63. The summed E-state index contributed by atoms with van der Waals surface area (Å²) in [5.41, 5.74) is 1.04. The van der Waals surface area contributed by atoms with E-state index >= 15 is 0 Å². The van der Waals surface area contributed by atoms with Crippen molar-refractivity contribution in [3.63, 3.8) is 0 Å². The standard InChI is InChI=1S/C17H24ClNO2S/c1-17(2)11-14(6-8-21-17)16(20)19-7-9-22-12-13-4-3-5-15(18)10-13/h3-5,10,14H,6-9,11-12H2,1-2H3,(H,19,20)/t14-/m0/s1. The number of thioether (sulfide) groups is 1. The summed E-state index contributed by atoms with van der Waals surface area (Å²) in [7, 11) is 0. The van der Waals surface area contributed by atoms with E-state index in [9.17, 15) is 4.79 Å². The van der Waals surface area contributed by atoms with E-state index in [4.69, 9.17) is 16.3 Å². The van der Waals surface area contributed by atoms with Crippen LogP contribution in [-0.4, -0.2) is 30.4 Å². The van der Waals surface area contributed by atoms with E-state index in [0.29, 0.717) is 13.2 Å². The number of benzene rings is 1. The molecule has 1 aromatic rings. The molecule has 0 unspecified atom stereocenters. The van der Waals surface area contributed by atoms with Crippen molar-refractivity contribution in [3.8, 4) is 0 Å². The Hall–Kier alpha value is -0.710. The monoisotopic (exact) mass is 341 g/mol. The fraction of sp³-hybridized carbons (Fsp3) is 0.588. The maximum atomic E-state index is 12.2. The van der Waals surface area contributed by atoms with Crippen molar-refractivity contribution < 1.29 is 9.53 Å². The van der Waals surface area contributed by atoms with Crippen LogP contribution in [0.25, 0.3) is 0 Å². The molecule has 22 heavy (non-hydrogen) atoms. The van der Waals surface area contributed by atoms with Gasteiger partial charge in [-0.25, -0.2) is 0 Å². The molecule has 3 nitrogen and oxygen atoms in total. The van der Waals surface area contributed by atoms with Crippen molar-refractivity contribution in [2.45, 2.75) is 38.0 Å². The summed E-state index contributed by atoms with van der Waals surface area (Å²) >= 11 is 7.76. The van der Waals surface area contributed by atoms with E-state index in [1.165, 1.54) is 5.56 Å². The fourth-order valence-electron chi connectivity index (χ4n) is 2.66. The van der Waals surface area contributed by atoms with Gasteiger partial charge in [-0.15, -0.1) is 0 Å². The average molecular weight is 342 g/mol. The molecule has 0 radical (unpaired) electrons. The maximum absolute atomic E-state index is 12.2. The van der Waals surface area contributed by atoms with Crippen molar-refractivity contribution >= 4 is 29.3 Å². The van der Waals surface area contributed by atoms with Gasteiger partial charge in [-0.1, -0.05) is 23.7 Å². The van der Waals surface area contributed by atoms with Crippen LogP contribution in [0.5, 0.6) is 0 Å². The molecular weight excluding hydrogens is 318 g/mol. The van der Waals surface area contributed by atoms with Crippen LogP contribution >= 0.6 is 23.4 Å². The molecule has 1 aromatic carbocycles. The highest BCUT2D eigenvalue weighted by molar-refractivity contribution is 7.98. The molecule has 1 heterocycles. The first-order chi connectivity index (χ1) is 10.5. The molecule has 0 saturated carbocycles. The Morgan fingerprint density at radius 1 is 1.50 bits per heavy atom. The van der Waals surface area contributed by atoms with Crippen molar-refractivity contribution in [1.29, 1.82) is 0 Å². The van der Waals surface area contributed by atoms with Crippen LogP contribution in [0.4, 0.5) is 0 Å². The molecule has 1 aliphatic rings. The summed E-state index contributed by atoms with van der Waals surface area (Å²) in [5.74, 6) is 2.08. The zero-order valence-electron chi connectivity index (χ0n) is 13.2. The predicted molar refractivity (Wildman–Crippen MR) is 93.4 cm³/mol. The topological polar surface area (TPSA) is 38.3 Å². The normalized spacial score (nSPS) is 20.6. The highest BCUT2D eigenvalue weighted by atomic mass is 35.5. The van der Waals surface area contributed by atoms with Crippen LogP contribution in [0, 0.1) is 5.92 Å². The fourth-order valence-corrected chi connectivity index (χ4v) is 3.68.